The molecule has 0 saturated heterocycles. The number of ether oxygens (including phenoxy) is 2. The minimum atomic E-state index is -4.44. The fourth-order valence-electron chi connectivity index (χ4n) is 1.42. The normalized spacial score (nSPS) is 11.0. The molecule has 0 amide bonds. The van der Waals surface area contributed by atoms with Gasteiger partial charge in [0, 0.05) is 6.07 Å². The smallest absolute Gasteiger partial charge is 0.392 e. The van der Waals surface area contributed by atoms with E-state index >= 15 is 0 Å². The lowest BCUT2D eigenvalue weighted by Gasteiger charge is -2.12. The molecule has 0 aliphatic heterocycles. The number of halogens is 3. The number of carboxylic acids is 1. The third-order valence-corrected chi connectivity index (χ3v) is 2.35. The van der Waals surface area contributed by atoms with Crippen molar-refractivity contribution in [3.05, 3.63) is 27.8 Å². The number of benzene rings is 1. The van der Waals surface area contributed by atoms with Crippen LogP contribution in [0.5, 0.6) is 11.5 Å². The monoisotopic (exact) mass is 309 g/mol. The Labute approximate surface area is 116 Å². The van der Waals surface area contributed by atoms with E-state index in [1.54, 1.807) is 0 Å². The zero-order chi connectivity index (χ0) is 16.2. The third kappa shape index (κ3) is 4.51. The number of hydrogen-bond acceptors (Lipinski definition) is 5. The number of hydrogen-bond donors (Lipinski definition) is 1. The van der Waals surface area contributed by atoms with Gasteiger partial charge in [0.15, 0.2) is 11.5 Å². The molecule has 0 aliphatic carbocycles. The average molecular weight is 309 g/mol. The summed E-state index contributed by atoms with van der Waals surface area (Å²) >= 11 is 0. The van der Waals surface area contributed by atoms with Crippen LogP contribution in [0.15, 0.2) is 12.1 Å². The van der Waals surface area contributed by atoms with E-state index in [1.807, 2.05) is 0 Å². The van der Waals surface area contributed by atoms with E-state index in [-0.39, 0.29) is 11.5 Å². The molecular formula is C11H10F3NO6. The van der Waals surface area contributed by atoms with Gasteiger partial charge in [-0.2, -0.15) is 13.2 Å². The molecule has 116 valence electrons. The van der Waals surface area contributed by atoms with E-state index in [0.29, 0.717) is 0 Å². The molecule has 0 heterocycles. The molecule has 1 rings (SSSR count). The second kappa shape index (κ2) is 6.29. The van der Waals surface area contributed by atoms with E-state index in [9.17, 15) is 28.1 Å². The standard InChI is InChI=1S/C11H10F3NO6/c1-20-8-4-6(10(16)17)7(15(18)19)5-9(8)21-3-2-11(12,13)14/h4-5H,2-3H2,1H3,(H,16,17). The minimum Gasteiger partial charge on any atom is -0.493 e. The molecule has 1 aromatic carbocycles. The Kier molecular flexibility index (Phi) is 4.95. The Morgan fingerprint density at radius 3 is 2.43 bits per heavy atom. The van der Waals surface area contributed by atoms with Gasteiger partial charge in [0.25, 0.3) is 5.69 Å². The number of alkyl halides is 3. The van der Waals surface area contributed by atoms with Crippen LogP contribution in [0.4, 0.5) is 18.9 Å². The maximum atomic E-state index is 12.0. The van der Waals surface area contributed by atoms with Gasteiger partial charge in [-0.3, -0.25) is 10.1 Å². The highest BCUT2D eigenvalue weighted by Crippen LogP contribution is 2.35. The van der Waals surface area contributed by atoms with Crippen LogP contribution in [-0.2, 0) is 0 Å². The molecule has 0 saturated carbocycles. The van der Waals surface area contributed by atoms with Gasteiger partial charge in [0.1, 0.15) is 5.56 Å². The number of nitro groups is 1. The van der Waals surface area contributed by atoms with Crippen molar-refractivity contribution in [2.75, 3.05) is 13.7 Å². The minimum absolute atomic E-state index is 0.208. The second-order valence-corrected chi connectivity index (χ2v) is 3.80. The molecular weight excluding hydrogens is 299 g/mol. The predicted octanol–water partition coefficient (Wildman–Crippen LogP) is 2.63. The maximum absolute atomic E-state index is 12.0. The van der Waals surface area contributed by atoms with Crippen molar-refractivity contribution in [1.82, 2.24) is 0 Å². The molecule has 21 heavy (non-hydrogen) atoms. The molecule has 0 fully saturated rings. The average Bonchev–Trinajstić information content (AvgIpc) is 2.36. The molecule has 0 radical (unpaired) electrons. The van der Waals surface area contributed by atoms with Crippen LogP contribution < -0.4 is 9.47 Å². The molecule has 1 aromatic rings. The zero-order valence-corrected chi connectivity index (χ0v) is 10.6. The van der Waals surface area contributed by atoms with Gasteiger partial charge in [-0.1, -0.05) is 0 Å². The van der Waals surface area contributed by atoms with Crippen molar-refractivity contribution in [2.24, 2.45) is 0 Å². The van der Waals surface area contributed by atoms with E-state index in [1.165, 1.54) is 0 Å². The number of rotatable bonds is 6. The Bertz CT molecular complexity index is 558. The molecule has 1 N–H and O–H groups in total. The number of carboxylic acid groups (broad SMARTS) is 1. The number of nitro benzene ring substituents is 1. The summed E-state index contributed by atoms with van der Waals surface area (Å²) in [4.78, 5) is 20.7. The van der Waals surface area contributed by atoms with Crippen LogP contribution in [-0.4, -0.2) is 35.9 Å². The lowest BCUT2D eigenvalue weighted by Crippen LogP contribution is -2.13. The van der Waals surface area contributed by atoms with Crippen molar-refractivity contribution < 1.29 is 37.5 Å². The van der Waals surface area contributed by atoms with Crippen LogP contribution in [0.25, 0.3) is 0 Å². The summed E-state index contributed by atoms with van der Waals surface area (Å²) in [6.45, 7) is -0.774. The van der Waals surface area contributed by atoms with E-state index < -0.39 is 41.3 Å². The molecule has 0 atom stereocenters. The predicted molar refractivity (Wildman–Crippen MR) is 62.8 cm³/mol. The highest BCUT2D eigenvalue weighted by Gasteiger charge is 2.28. The largest absolute Gasteiger partial charge is 0.493 e. The quantitative estimate of drug-likeness (QED) is 0.640. The van der Waals surface area contributed by atoms with Gasteiger partial charge in [-0.15, -0.1) is 0 Å². The van der Waals surface area contributed by atoms with E-state index in [2.05, 4.69) is 0 Å². The van der Waals surface area contributed by atoms with Crippen molar-refractivity contribution in [3.63, 3.8) is 0 Å². The Morgan fingerprint density at radius 1 is 1.38 bits per heavy atom. The highest BCUT2D eigenvalue weighted by atomic mass is 19.4. The lowest BCUT2D eigenvalue weighted by atomic mass is 10.1. The van der Waals surface area contributed by atoms with E-state index in [4.69, 9.17) is 14.6 Å². The van der Waals surface area contributed by atoms with Gasteiger partial charge in [-0.25, -0.2) is 4.79 Å². The van der Waals surface area contributed by atoms with Gasteiger partial charge in [0.05, 0.1) is 31.1 Å². The molecule has 10 heteroatoms. The summed E-state index contributed by atoms with van der Waals surface area (Å²) in [5, 5.41) is 19.6. The summed E-state index contributed by atoms with van der Waals surface area (Å²) in [6.07, 6.45) is -5.70. The molecule has 7 nitrogen and oxygen atoms in total. The summed E-state index contributed by atoms with van der Waals surface area (Å²) in [5.41, 5.74) is -1.45. The van der Waals surface area contributed by atoms with Crippen LogP contribution in [0.1, 0.15) is 16.8 Å². The summed E-state index contributed by atoms with van der Waals surface area (Å²) < 4.78 is 45.6. The highest BCUT2D eigenvalue weighted by molar-refractivity contribution is 5.93. The first kappa shape index (κ1) is 16.5. The van der Waals surface area contributed by atoms with Crippen LogP contribution in [0.3, 0.4) is 0 Å². The fourth-order valence-corrected chi connectivity index (χ4v) is 1.42. The van der Waals surface area contributed by atoms with Crippen molar-refractivity contribution in [2.45, 2.75) is 12.6 Å². The number of nitrogens with zero attached hydrogens (tertiary/aromatic N) is 1. The van der Waals surface area contributed by atoms with Gasteiger partial charge < -0.3 is 14.6 Å². The Balaban J connectivity index is 3.11. The van der Waals surface area contributed by atoms with Crippen LogP contribution in [0.2, 0.25) is 0 Å². The van der Waals surface area contributed by atoms with Gasteiger partial charge >= 0.3 is 12.1 Å². The van der Waals surface area contributed by atoms with Crippen molar-refractivity contribution in [3.8, 4) is 11.5 Å². The molecule has 0 bridgehead atoms. The maximum Gasteiger partial charge on any atom is 0.392 e. The third-order valence-electron chi connectivity index (χ3n) is 2.35. The first-order valence-electron chi connectivity index (χ1n) is 5.45. The summed E-state index contributed by atoms with van der Waals surface area (Å²) in [6, 6.07) is 1.54. The fraction of sp³-hybridized carbons (Fsp3) is 0.364. The zero-order valence-electron chi connectivity index (χ0n) is 10.6. The number of methoxy groups -OCH3 is 1. The molecule has 0 spiro atoms. The van der Waals surface area contributed by atoms with Crippen molar-refractivity contribution in [1.29, 1.82) is 0 Å². The topological polar surface area (TPSA) is 98.9 Å². The van der Waals surface area contributed by atoms with Crippen LogP contribution >= 0.6 is 0 Å². The summed E-state index contributed by atoms with van der Waals surface area (Å²) in [7, 11) is 1.13. The SMILES string of the molecule is COc1cc(C(=O)O)c([N+](=O)[O-])cc1OCCC(F)(F)F. The van der Waals surface area contributed by atoms with E-state index in [0.717, 1.165) is 19.2 Å². The molecule has 0 aliphatic rings. The second-order valence-electron chi connectivity index (χ2n) is 3.80. The Hall–Kier alpha value is -2.52. The summed E-state index contributed by atoms with van der Waals surface area (Å²) in [5.74, 6) is -2.11. The van der Waals surface area contributed by atoms with Crippen LogP contribution in [0, 0.1) is 10.1 Å². The first-order valence-corrected chi connectivity index (χ1v) is 5.45. The Morgan fingerprint density at radius 2 is 2.00 bits per heavy atom. The van der Waals surface area contributed by atoms with Gasteiger partial charge in [-0.05, 0) is 0 Å². The first-order chi connectivity index (χ1) is 9.65. The lowest BCUT2D eigenvalue weighted by molar-refractivity contribution is -0.385. The molecule has 0 unspecified atom stereocenters. The number of aromatic carboxylic acids is 1. The number of carbonyl (C=O) groups is 1. The molecule has 0 aromatic heterocycles. The van der Waals surface area contributed by atoms with Crippen molar-refractivity contribution >= 4 is 11.7 Å². The van der Waals surface area contributed by atoms with Gasteiger partial charge in [0.2, 0.25) is 0 Å².